The molecule has 1 aliphatic heterocycles. The van der Waals surface area contributed by atoms with E-state index in [-0.39, 0.29) is 0 Å². The zero-order valence-corrected chi connectivity index (χ0v) is 13.7. The molecule has 20 heavy (non-hydrogen) atoms. The normalized spacial score (nSPS) is 34.0. The van der Waals surface area contributed by atoms with E-state index in [1.165, 1.54) is 32.1 Å². The van der Waals surface area contributed by atoms with Crippen LogP contribution in [0.15, 0.2) is 0 Å². The van der Waals surface area contributed by atoms with E-state index in [1.54, 1.807) is 0 Å². The highest BCUT2D eigenvalue weighted by atomic mass is 16.5. The van der Waals surface area contributed by atoms with Crippen molar-refractivity contribution in [3.63, 3.8) is 0 Å². The number of nitrogens with one attached hydrogen (secondary N) is 1. The Labute approximate surface area is 125 Å². The third-order valence-electron chi connectivity index (χ3n) is 5.42. The summed E-state index contributed by atoms with van der Waals surface area (Å²) in [5, 5.41) is 3.78. The van der Waals surface area contributed by atoms with Crippen LogP contribution in [0.3, 0.4) is 0 Å². The SMILES string of the molecule is CCNC(C1CN(CC)CCO1)C1CCCCC1CC. The first-order chi connectivity index (χ1) is 9.80. The van der Waals surface area contributed by atoms with Crippen molar-refractivity contribution in [1.82, 2.24) is 10.2 Å². The van der Waals surface area contributed by atoms with Crippen molar-refractivity contribution in [2.45, 2.75) is 65.0 Å². The molecule has 118 valence electrons. The van der Waals surface area contributed by atoms with Gasteiger partial charge in [0, 0.05) is 19.1 Å². The van der Waals surface area contributed by atoms with Crippen LogP contribution in [0.5, 0.6) is 0 Å². The van der Waals surface area contributed by atoms with E-state index in [9.17, 15) is 0 Å². The van der Waals surface area contributed by atoms with Gasteiger partial charge in [-0.1, -0.05) is 46.5 Å². The fraction of sp³-hybridized carbons (Fsp3) is 1.00. The standard InChI is InChI=1S/C17H34N2O/c1-4-14-9-7-8-10-15(14)17(18-5-2)16-13-19(6-3)11-12-20-16/h14-18H,4-13H2,1-3H3. The van der Waals surface area contributed by atoms with Gasteiger partial charge in [-0.3, -0.25) is 4.90 Å². The zero-order valence-electron chi connectivity index (χ0n) is 13.7. The molecule has 4 unspecified atom stereocenters. The molecule has 2 aliphatic rings. The summed E-state index contributed by atoms with van der Waals surface area (Å²) in [6.45, 7) is 12.2. The molecular formula is C17H34N2O. The summed E-state index contributed by atoms with van der Waals surface area (Å²) in [5.74, 6) is 1.71. The fourth-order valence-electron chi connectivity index (χ4n) is 4.25. The molecular weight excluding hydrogens is 248 g/mol. The van der Waals surface area contributed by atoms with E-state index in [0.717, 1.165) is 44.6 Å². The van der Waals surface area contributed by atoms with Gasteiger partial charge in [-0.2, -0.15) is 0 Å². The van der Waals surface area contributed by atoms with Crippen LogP contribution in [0, 0.1) is 11.8 Å². The first-order valence-electron chi connectivity index (χ1n) is 8.87. The number of morpholine rings is 1. The largest absolute Gasteiger partial charge is 0.374 e. The summed E-state index contributed by atoms with van der Waals surface area (Å²) in [6, 6.07) is 0.555. The minimum atomic E-state index is 0.390. The molecule has 1 saturated heterocycles. The van der Waals surface area contributed by atoms with Crippen LogP contribution in [0.4, 0.5) is 0 Å². The number of rotatable bonds is 6. The second-order valence-electron chi connectivity index (χ2n) is 6.50. The van der Waals surface area contributed by atoms with E-state index in [4.69, 9.17) is 4.74 Å². The number of nitrogens with zero attached hydrogens (tertiary/aromatic N) is 1. The van der Waals surface area contributed by atoms with Gasteiger partial charge in [-0.05, 0) is 31.3 Å². The highest BCUT2D eigenvalue weighted by Gasteiger charge is 2.37. The van der Waals surface area contributed by atoms with E-state index in [0.29, 0.717) is 12.1 Å². The average Bonchev–Trinajstić information content (AvgIpc) is 2.52. The molecule has 1 N–H and O–H groups in total. The highest BCUT2D eigenvalue weighted by Crippen LogP contribution is 2.36. The highest BCUT2D eigenvalue weighted by molar-refractivity contribution is 4.92. The average molecular weight is 282 g/mol. The van der Waals surface area contributed by atoms with Crippen LogP contribution in [-0.2, 0) is 4.74 Å². The molecule has 0 amide bonds. The molecule has 3 heteroatoms. The summed E-state index contributed by atoms with van der Waals surface area (Å²) in [7, 11) is 0. The van der Waals surface area contributed by atoms with Gasteiger partial charge < -0.3 is 10.1 Å². The summed E-state index contributed by atoms with van der Waals surface area (Å²) in [6.07, 6.45) is 7.38. The van der Waals surface area contributed by atoms with Crippen LogP contribution in [-0.4, -0.2) is 49.8 Å². The lowest BCUT2D eigenvalue weighted by Gasteiger charge is -2.44. The van der Waals surface area contributed by atoms with E-state index in [2.05, 4.69) is 31.0 Å². The minimum Gasteiger partial charge on any atom is -0.374 e. The van der Waals surface area contributed by atoms with Crippen molar-refractivity contribution in [1.29, 1.82) is 0 Å². The van der Waals surface area contributed by atoms with Crippen LogP contribution in [0.25, 0.3) is 0 Å². The maximum Gasteiger partial charge on any atom is 0.0858 e. The molecule has 0 aromatic heterocycles. The maximum atomic E-state index is 6.17. The van der Waals surface area contributed by atoms with Crippen LogP contribution >= 0.6 is 0 Å². The molecule has 0 bridgehead atoms. The predicted molar refractivity (Wildman–Crippen MR) is 85.1 cm³/mol. The summed E-state index contributed by atoms with van der Waals surface area (Å²) in [4.78, 5) is 2.54. The molecule has 1 heterocycles. The molecule has 0 radical (unpaired) electrons. The number of likely N-dealkylation sites (N-methyl/N-ethyl adjacent to an activating group) is 2. The van der Waals surface area contributed by atoms with Crippen molar-refractivity contribution in [2.75, 3.05) is 32.8 Å². The Bertz CT molecular complexity index is 272. The summed E-state index contributed by atoms with van der Waals surface area (Å²) >= 11 is 0. The number of hydrogen-bond acceptors (Lipinski definition) is 3. The van der Waals surface area contributed by atoms with Gasteiger partial charge in [-0.25, -0.2) is 0 Å². The molecule has 3 nitrogen and oxygen atoms in total. The van der Waals surface area contributed by atoms with Gasteiger partial charge >= 0.3 is 0 Å². The molecule has 2 rings (SSSR count). The molecule has 4 atom stereocenters. The monoisotopic (exact) mass is 282 g/mol. The van der Waals surface area contributed by atoms with Crippen molar-refractivity contribution in [3.05, 3.63) is 0 Å². The van der Waals surface area contributed by atoms with E-state index < -0.39 is 0 Å². The number of ether oxygens (including phenoxy) is 1. The van der Waals surface area contributed by atoms with Crippen LogP contribution < -0.4 is 5.32 Å². The Morgan fingerprint density at radius 2 is 2.00 bits per heavy atom. The third kappa shape index (κ3) is 3.96. The Hall–Kier alpha value is -0.120. The second kappa shape index (κ2) is 8.35. The van der Waals surface area contributed by atoms with E-state index in [1.807, 2.05) is 0 Å². The van der Waals surface area contributed by atoms with Crippen LogP contribution in [0.1, 0.15) is 52.9 Å². The second-order valence-corrected chi connectivity index (χ2v) is 6.50. The summed E-state index contributed by atoms with van der Waals surface area (Å²) in [5.41, 5.74) is 0. The van der Waals surface area contributed by atoms with E-state index >= 15 is 0 Å². The van der Waals surface area contributed by atoms with Crippen molar-refractivity contribution in [2.24, 2.45) is 11.8 Å². The van der Waals surface area contributed by atoms with Gasteiger partial charge in [0.15, 0.2) is 0 Å². The summed E-state index contributed by atoms with van der Waals surface area (Å²) < 4.78 is 6.17. The fourth-order valence-corrected chi connectivity index (χ4v) is 4.25. The Balaban J connectivity index is 2.04. The maximum absolute atomic E-state index is 6.17. The smallest absolute Gasteiger partial charge is 0.0858 e. The molecule has 0 spiro atoms. The predicted octanol–water partition coefficient (Wildman–Crippen LogP) is 2.90. The Morgan fingerprint density at radius 3 is 2.70 bits per heavy atom. The molecule has 1 aliphatic carbocycles. The Morgan fingerprint density at radius 1 is 1.20 bits per heavy atom. The first-order valence-corrected chi connectivity index (χ1v) is 8.87. The molecule has 2 fully saturated rings. The lowest BCUT2D eigenvalue weighted by atomic mass is 9.72. The third-order valence-corrected chi connectivity index (χ3v) is 5.42. The molecule has 0 aromatic carbocycles. The quantitative estimate of drug-likeness (QED) is 0.811. The van der Waals surface area contributed by atoms with Gasteiger partial charge in [0.2, 0.25) is 0 Å². The first kappa shape index (κ1) is 16.3. The molecule has 1 saturated carbocycles. The van der Waals surface area contributed by atoms with Gasteiger partial charge in [-0.15, -0.1) is 0 Å². The van der Waals surface area contributed by atoms with Gasteiger partial charge in [0.1, 0.15) is 0 Å². The van der Waals surface area contributed by atoms with Crippen LogP contribution in [0.2, 0.25) is 0 Å². The van der Waals surface area contributed by atoms with Crippen molar-refractivity contribution < 1.29 is 4.74 Å². The van der Waals surface area contributed by atoms with Gasteiger partial charge in [0.25, 0.3) is 0 Å². The van der Waals surface area contributed by atoms with Crippen molar-refractivity contribution in [3.8, 4) is 0 Å². The number of hydrogen-bond donors (Lipinski definition) is 1. The topological polar surface area (TPSA) is 24.5 Å². The lowest BCUT2D eigenvalue weighted by Crippen LogP contribution is -2.56. The lowest BCUT2D eigenvalue weighted by molar-refractivity contribution is -0.0638. The van der Waals surface area contributed by atoms with Crippen molar-refractivity contribution >= 4 is 0 Å². The zero-order chi connectivity index (χ0) is 14.4. The molecule has 0 aromatic rings. The van der Waals surface area contributed by atoms with Gasteiger partial charge in [0.05, 0.1) is 12.7 Å². The Kier molecular flexibility index (Phi) is 6.79. The minimum absolute atomic E-state index is 0.390.